The predicted octanol–water partition coefficient (Wildman–Crippen LogP) is 4.65. The van der Waals surface area contributed by atoms with Gasteiger partial charge in [0.15, 0.2) is 0 Å². The van der Waals surface area contributed by atoms with Gasteiger partial charge >= 0.3 is 5.97 Å². The third kappa shape index (κ3) is 2.59. The number of carbonyl (C=O) groups is 1. The summed E-state index contributed by atoms with van der Waals surface area (Å²) in [6.45, 7) is 8.91. The summed E-state index contributed by atoms with van der Waals surface area (Å²) in [5, 5.41) is 9.20. The molecule has 2 rings (SSSR count). The van der Waals surface area contributed by atoms with Gasteiger partial charge in [-0.05, 0) is 62.2 Å². The number of allylic oxidation sites excluding steroid dienone is 1. The van der Waals surface area contributed by atoms with Crippen LogP contribution in [0, 0.1) is 23.2 Å². The summed E-state index contributed by atoms with van der Waals surface area (Å²) in [5.74, 6) is 1.58. The Morgan fingerprint density at radius 3 is 2.58 bits per heavy atom. The maximum Gasteiger partial charge on any atom is 0.331 e. The maximum atomic E-state index is 11.2. The lowest BCUT2D eigenvalue weighted by atomic mass is 9.53. The van der Waals surface area contributed by atoms with Crippen LogP contribution in [0.2, 0.25) is 0 Å². The average Bonchev–Trinajstić information content (AvgIpc) is 2.37. The van der Waals surface area contributed by atoms with Crippen LogP contribution < -0.4 is 0 Å². The number of carboxylic acid groups (broad SMARTS) is 1. The van der Waals surface area contributed by atoms with Crippen LogP contribution in [0.4, 0.5) is 0 Å². The zero-order valence-corrected chi connectivity index (χ0v) is 12.8. The molecule has 2 aliphatic carbocycles. The van der Waals surface area contributed by atoms with E-state index in [2.05, 4.69) is 20.8 Å². The molecule has 0 aromatic rings. The van der Waals surface area contributed by atoms with Gasteiger partial charge in [-0.25, -0.2) is 4.79 Å². The zero-order chi connectivity index (χ0) is 14.2. The third-order valence-electron chi connectivity index (χ3n) is 6.09. The van der Waals surface area contributed by atoms with Gasteiger partial charge in [0, 0.05) is 5.57 Å². The monoisotopic (exact) mass is 264 g/mol. The van der Waals surface area contributed by atoms with E-state index in [9.17, 15) is 9.90 Å². The fourth-order valence-electron chi connectivity index (χ4n) is 4.62. The van der Waals surface area contributed by atoms with Gasteiger partial charge in [-0.15, -0.1) is 0 Å². The molecule has 1 unspecified atom stereocenters. The van der Waals surface area contributed by atoms with Gasteiger partial charge in [-0.2, -0.15) is 0 Å². The second-order valence-corrected chi connectivity index (χ2v) is 7.15. The molecule has 2 saturated carbocycles. The highest BCUT2D eigenvalue weighted by molar-refractivity contribution is 5.86. The molecule has 3 atom stereocenters. The van der Waals surface area contributed by atoms with Crippen LogP contribution >= 0.6 is 0 Å². The van der Waals surface area contributed by atoms with Crippen molar-refractivity contribution in [2.75, 3.05) is 0 Å². The molecule has 2 fully saturated rings. The SMILES string of the molecule is CC[C@@H]1CCC2CCC(=C(C)C(=O)O)C[C@@H]2C1(C)C. The zero-order valence-electron chi connectivity index (χ0n) is 12.8. The van der Waals surface area contributed by atoms with Crippen molar-refractivity contribution in [2.45, 2.75) is 66.2 Å². The molecule has 2 nitrogen and oxygen atoms in total. The van der Waals surface area contributed by atoms with Crippen molar-refractivity contribution >= 4 is 5.97 Å². The van der Waals surface area contributed by atoms with Gasteiger partial charge in [0.1, 0.15) is 0 Å². The van der Waals surface area contributed by atoms with Crippen LogP contribution in [0.5, 0.6) is 0 Å². The molecule has 0 aromatic carbocycles. The molecular formula is C17H28O2. The molecule has 2 aliphatic rings. The molecule has 0 spiro atoms. The van der Waals surface area contributed by atoms with E-state index in [1.165, 1.54) is 31.3 Å². The van der Waals surface area contributed by atoms with Gasteiger partial charge < -0.3 is 5.11 Å². The van der Waals surface area contributed by atoms with Crippen LogP contribution in [-0.2, 0) is 4.79 Å². The number of fused-ring (bicyclic) bond motifs is 1. The summed E-state index contributed by atoms with van der Waals surface area (Å²) >= 11 is 0. The molecule has 0 radical (unpaired) electrons. The number of carboxylic acids is 1. The first-order valence-electron chi connectivity index (χ1n) is 7.79. The number of hydrogen-bond donors (Lipinski definition) is 1. The van der Waals surface area contributed by atoms with Gasteiger partial charge in [0.25, 0.3) is 0 Å². The number of rotatable bonds is 2. The van der Waals surface area contributed by atoms with E-state index < -0.39 is 5.97 Å². The summed E-state index contributed by atoms with van der Waals surface area (Å²) in [4.78, 5) is 11.2. The summed E-state index contributed by atoms with van der Waals surface area (Å²) in [6.07, 6.45) is 7.20. The van der Waals surface area contributed by atoms with Crippen molar-refractivity contribution in [3.63, 3.8) is 0 Å². The first-order valence-corrected chi connectivity index (χ1v) is 7.79. The minimum Gasteiger partial charge on any atom is -0.478 e. The van der Waals surface area contributed by atoms with Gasteiger partial charge in [0.05, 0.1) is 0 Å². The first-order chi connectivity index (χ1) is 8.87. The summed E-state index contributed by atoms with van der Waals surface area (Å²) in [7, 11) is 0. The molecule has 0 aromatic heterocycles. The largest absolute Gasteiger partial charge is 0.478 e. The molecule has 108 valence electrons. The molecule has 2 heteroatoms. The molecule has 0 bridgehead atoms. The van der Waals surface area contributed by atoms with Gasteiger partial charge in [-0.1, -0.05) is 32.8 Å². The van der Waals surface area contributed by atoms with Crippen LogP contribution in [-0.4, -0.2) is 11.1 Å². The molecule has 0 heterocycles. The van der Waals surface area contributed by atoms with Crippen LogP contribution in [0.1, 0.15) is 66.2 Å². The molecule has 19 heavy (non-hydrogen) atoms. The Labute approximate surface area is 117 Å². The van der Waals surface area contributed by atoms with Gasteiger partial charge in [-0.3, -0.25) is 0 Å². The Bertz CT molecular complexity index is 392. The van der Waals surface area contributed by atoms with E-state index in [4.69, 9.17) is 0 Å². The van der Waals surface area contributed by atoms with E-state index >= 15 is 0 Å². The lowest BCUT2D eigenvalue weighted by molar-refractivity contribution is -0.132. The predicted molar refractivity (Wildman–Crippen MR) is 78.0 cm³/mol. The summed E-state index contributed by atoms with van der Waals surface area (Å²) in [5.41, 5.74) is 2.17. The van der Waals surface area contributed by atoms with Crippen LogP contribution in [0.25, 0.3) is 0 Å². The molecule has 1 N–H and O–H groups in total. The standard InChI is InChI=1S/C17H28O2/c1-5-14-9-8-12-6-7-13(11(2)16(18)19)10-15(12)17(14,3)4/h12,14-15H,5-10H2,1-4H3,(H,18,19)/t12?,14-,15+/m1/s1. The van der Waals surface area contributed by atoms with Crippen molar-refractivity contribution in [3.05, 3.63) is 11.1 Å². The number of aliphatic carboxylic acids is 1. The molecule has 0 aliphatic heterocycles. The lowest BCUT2D eigenvalue weighted by Crippen LogP contribution is -2.43. The highest BCUT2D eigenvalue weighted by Gasteiger charge is 2.46. The highest BCUT2D eigenvalue weighted by atomic mass is 16.4. The van der Waals surface area contributed by atoms with Crippen molar-refractivity contribution in [1.82, 2.24) is 0 Å². The van der Waals surface area contributed by atoms with Crippen molar-refractivity contribution < 1.29 is 9.90 Å². The minimum atomic E-state index is -0.728. The maximum absolute atomic E-state index is 11.2. The topological polar surface area (TPSA) is 37.3 Å². The Hall–Kier alpha value is -0.790. The second kappa shape index (κ2) is 5.30. The molecule has 0 saturated heterocycles. The second-order valence-electron chi connectivity index (χ2n) is 7.15. The van der Waals surface area contributed by atoms with Crippen LogP contribution in [0.15, 0.2) is 11.1 Å². The lowest BCUT2D eigenvalue weighted by Gasteiger charge is -2.52. The van der Waals surface area contributed by atoms with E-state index in [1.54, 1.807) is 6.92 Å². The van der Waals surface area contributed by atoms with Crippen molar-refractivity contribution in [3.8, 4) is 0 Å². The Morgan fingerprint density at radius 1 is 1.32 bits per heavy atom. The average molecular weight is 264 g/mol. The Morgan fingerprint density at radius 2 is 2.00 bits per heavy atom. The van der Waals surface area contributed by atoms with Crippen molar-refractivity contribution in [1.29, 1.82) is 0 Å². The van der Waals surface area contributed by atoms with E-state index in [0.29, 0.717) is 16.9 Å². The summed E-state index contributed by atoms with van der Waals surface area (Å²) < 4.78 is 0. The summed E-state index contributed by atoms with van der Waals surface area (Å²) in [6, 6.07) is 0. The smallest absolute Gasteiger partial charge is 0.331 e. The van der Waals surface area contributed by atoms with E-state index in [0.717, 1.165) is 24.7 Å². The Kier molecular flexibility index (Phi) is 4.08. The normalized spacial score (nSPS) is 36.5. The fourth-order valence-corrected chi connectivity index (χ4v) is 4.62. The first kappa shape index (κ1) is 14.6. The Balaban J connectivity index is 2.24. The van der Waals surface area contributed by atoms with E-state index in [1.807, 2.05) is 0 Å². The van der Waals surface area contributed by atoms with Gasteiger partial charge in [0.2, 0.25) is 0 Å². The highest BCUT2D eigenvalue weighted by Crippen LogP contribution is 2.55. The van der Waals surface area contributed by atoms with Crippen molar-refractivity contribution in [2.24, 2.45) is 23.2 Å². The van der Waals surface area contributed by atoms with Crippen LogP contribution in [0.3, 0.4) is 0 Å². The molecule has 0 amide bonds. The van der Waals surface area contributed by atoms with E-state index in [-0.39, 0.29) is 0 Å². The quantitative estimate of drug-likeness (QED) is 0.737. The number of hydrogen-bond acceptors (Lipinski definition) is 1. The molecular weight excluding hydrogens is 236 g/mol. The fraction of sp³-hybridized carbons (Fsp3) is 0.824. The minimum absolute atomic E-state index is 0.363. The third-order valence-corrected chi connectivity index (χ3v) is 6.09.